The molecule has 5 nitrogen and oxygen atoms in total. The van der Waals surface area contributed by atoms with Gasteiger partial charge in [0.1, 0.15) is 0 Å². The number of nitrogens with zero attached hydrogens (tertiary/aromatic N) is 2. The Bertz CT molecular complexity index is 427. The minimum atomic E-state index is -0.111. The highest BCUT2D eigenvalue weighted by Crippen LogP contribution is 2.18. The predicted octanol–water partition coefficient (Wildman–Crippen LogP) is 2.80. The lowest BCUT2D eigenvalue weighted by Gasteiger charge is -2.12. The van der Waals surface area contributed by atoms with E-state index < -0.39 is 0 Å². The number of nitrogens with one attached hydrogen (secondary N) is 2. The topological polar surface area (TPSA) is 62.7 Å². The quantitative estimate of drug-likeness (QED) is 0.515. The third-order valence-corrected chi connectivity index (χ3v) is 4.23. The molecule has 1 aromatic rings. The average molecular weight is 300 g/mol. The lowest BCUT2D eigenvalue weighted by molar-refractivity contribution is 0.496. The molecule has 1 atom stereocenters. The summed E-state index contributed by atoms with van der Waals surface area (Å²) in [5, 5.41) is 10.9. The molecule has 2 N–H and O–H groups in total. The van der Waals surface area contributed by atoms with Crippen LogP contribution in [0.15, 0.2) is 9.95 Å². The van der Waals surface area contributed by atoms with Gasteiger partial charge in [0.15, 0.2) is 5.16 Å². The van der Waals surface area contributed by atoms with Gasteiger partial charge in [0.25, 0.3) is 0 Å². The largest absolute Gasteiger partial charge is 0.344 e. The molecule has 0 aliphatic heterocycles. The van der Waals surface area contributed by atoms with Gasteiger partial charge >= 0.3 is 5.69 Å². The smallest absolute Gasteiger partial charge is 0.314 e. The van der Waals surface area contributed by atoms with Crippen LogP contribution in [0.4, 0.5) is 0 Å². The van der Waals surface area contributed by atoms with Crippen LogP contribution in [-0.4, -0.2) is 33.1 Å². The van der Waals surface area contributed by atoms with Crippen LogP contribution in [0.1, 0.15) is 59.4 Å². The maximum absolute atomic E-state index is 11.6. The van der Waals surface area contributed by atoms with E-state index in [9.17, 15) is 4.79 Å². The van der Waals surface area contributed by atoms with Crippen LogP contribution in [0.3, 0.4) is 0 Å². The first-order chi connectivity index (χ1) is 9.56. The van der Waals surface area contributed by atoms with Crippen molar-refractivity contribution in [2.24, 2.45) is 0 Å². The molecule has 1 aromatic heterocycles. The molecule has 1 unspecified atom stereocenters. The number of aromatic amines is 1. The van der Waals surface area contributed by atoms with Gasteiger partial charge in [-0.25, -0.2) is 9.89 Å². The maximum Gasteiger partial charge on any atom is 0.344 e. The van der Waals surface area contributed by atoms with E-state index in [0.717, 1.165) is 23.9 Å². The van der Waals surface area contributed by atoms with E-state index in [0.29, 0.717) is 6.04 Å². The third-order valence-electron chi connectivity index (χ3n) is 3.19. The van der Waals surface area contributed by atoms with E-state index in [4.69, 9.17) is 0 Å². The molecule has 20 heavy (non-hydrogen) atoms. The Balaban J connectivity index is 2.23. The molecule has 116 valence electrons. The van der Waals surface area contributed by atoms with Crippen LogP contribution >= 0.6 is 11.8 Å². The second-order valence-corrected chi connectivity index (χ2v) is 6.54. The summed E-state index contributed by atoms with van der Waals surface area (Å²) < 4.78 is 1.72. The molecule has 1 heterocycles. The molecule has 0 spiro atoms. The van der Waals surface area contributed by atoms with Crippen LogP contribution in [0.25, 0.3) is 0 Å². The highest BCUT2D eigenvalue weighted by atomic mass is 32.2. The van der Waals surface area contributed by atoms with Gasteiger partial charge in [-0.2, -0.15) is 0 Å². The normalized spacial score (nSPS) is 13.1. The number of hydrogen-bond acceptors (Lipinski definition) is 4. The van der Waals surface area contributed by atoms with Gasteiger partial charge in [0, 0.05) is 17.8 Å². The molecule has 0 radical (unpaired) electrons. The molecule has 0 bridgehead atoms. The van der Waals surface area contributed by atoms with Crippen LogP contribution in [0.5, 0.6) is 0 Å². The Hall–Kier alpha value is -0.750. The first kappa shape index (κ1) is 17.3. The molecule has 0 fully saturated rings. The summed E-state index contributed by atoms with van der Waals surface area (Å²) in [7, 11) is 0. The van der Waals surface area contributed by atoms with Gasteiger partial charge in [-0.05, 0) is 46.6 Å². The zero-order valence-corrected chi connectivity index (χ0v) is 13.9. The monoisotopic (exact) mass is 300 g/mol. The summed E-state index contributed by atoms with van der Waals surface area (Å²) in [5.74, 6) is 1.01. The first-order valence-electron chi connectivity index (χ1n) is 7.59. The van der Waals surface area contributed by atoms with E-state index in [1.54, 1.807) is 16.3 Å². The van der Waals surface area contributed by atoms with E-state index in [2.05, 4.69) is 29.4 Å². The summed E-state index contributed by atoms with van der Waals surface area (Å²) in [4.78, 5) is 11.6. The van der Waals surface area contributed by atoms with Crippen molar-refractivity contribution in [1.82, 2.24) is 20.1 Å². The Morgan fingerprint density at radius 2 is 2.10 bits per heavy atom. The molecule has 1 rings (SSSR count). The Morgan fingerprint density at radius 3 is 2.75 bits per heavy atom. The van der Waals surface area contributed by atoms with E-state index in [-0.39, 0.29) is 11.7 Å². The standard InChI is InChI=1S/C14H28N4OS/c1-5-9-15-12(4)8-6-7-10-20-14-17-16-13(19)18(14)11(2)3/h11-12,15H,5-10H2,1-4H3,(H,16,19). The summed E-state index contributed by atoms with van der Waals surface area (Å²) in [6, 6.07) is 0.751. The Morgan fingerprint density at radius 1 is 1.35 bits per heavy atom. The van der Waals surface area contributed by atoms with Crippen LogP contribution in [-0.2, 0) is 0 Å². The highest BCUT2D eigenvalue weighted by molar-refractivity contribution is 7.99. The van der Waals surface area contributed by atoms with Gasteiger partial charge in [-0.15, -0.1) is 5.10 Å². The Kier molecular flexibility index (Phi) is 7.99. The van der Waals surface area contributed by atoms with Crippen molar-refractivity contribution in [2.75, 3.05) is 12.3 Å². The maximum atomic E-state index is 11.6. The van der Waals surface area contributed by atoms with Gasteiger partial charge in [-0.1, -0.05) is 25.1 Å². The molecule has 0 aliphatic carbocycles. The average Bonchev–Trinajstić information content (AvgIpc) is 2.77. The minimum absolute atomic E-state index is 0.111. The lowest BCUT2D eigenvalue weighted by Crippen LogP contribution is -2.26. The van der Waals surface area contributed by atoms with E-state index >= 15 is 0 Å². The summed E-state index contributed by atoms with van der Waals surface area (Å²) in [5.41, 5.74) is -0.111. The highest BCUT2D eigenvalue weighted by Gasteiger charge is 2.11. The molecular formula is C14H28N4OS. The predicted molar refractivity (Wildman–Crippen MR) is 85.6 cm³/mol. The zero-order valence-electron chi connectivity index (χ0n) is 13.1. The van der Waals surface area contributed by atoms with Gasteiger partial charge in [0.05, 0.1) is 0 Å². The summed E-state index contributed by atoms with van der Waals surface area (Å²) >= 11 is 1.67. The number of aromatic nitrogens is 3. The van der Waals surface area contributed by atoms with Crippen molar-refractivity contribution in [3.8, 4) is 0 Å². The number of unbranched alkanes of at least 4 members (excludes halogenated alkanes) is 1. The summed E-state index contributed by atoms with van der Waals surface area (Å²) in [6.45, 7) is 9.54. The van der Waals surface area contributed by atoms with Crippen molar-refractivity contribution in [2.45, 2.75) is 70.6 Å². The summed E-state index contributed by atoms with van der Waals surface area (Å²) in [6.07, 6.45) is 4.76. The van der Waals surface area contributed by atoms with Crippen molar-refractivity contribution < 1.29 is 0 Å². The number of H-pyrrole nitrogens is 1. The van der Waals surface area contributed by atoms with Gasteiger partial charge in [0.2, 0.25) is 0 Å². The SMILES string of the molecule is CCCNC(C)CCCCSc1n[nH]c(=O)n1C(C)C. The van der Waals surface area contributed by atoms with Crippen LogP contribution < -0.4 is 11.0 Å². The third kappa shape index (κ3) is 5.71. The molecule has 0 saturated carbocycles. The van der Waals surface area contributed by atoms with Crippen molar-refractivity contribution >= 4 is 11.8 Å². The van der Waals surface area contributed by atoms with Crippen LogP contribution in [0.2, 0.25) is 0 Å². The molecule has 0 aromatic carbocycles. The molecule has 0 amide bonds. The fourth-order valence-electron chi connectivity index (χ4n) is 2.06. The van der Waals surface area contributed by atoms with Crippen LogP contribution in [0, 0.1) is 0 Å². The molecule has 0 saturated heterocycles. The van der Waals surface area contributed by atoms with Gasteiger partial charge in [-0.3, -0.25) is 4.57 Å². The van der Waals surface area contributed by atoms with Crippen molar-refractivity contribution in [3.63, 3.8) is 0 Å². The molecule has 6 heteroatoms. The van der Waals surface area contributed by atoms with E-state index in [1.165, 1.54) is 19.3 Å². The van der Waals surface area contributed by atoms with E-state index in [1.807, 2.05) is 13.8 Å². The molecule has 0 aliphatic rings. The second-order valence-electron chi connectivity index (χ2n) is 5.47. The van der Waals surface area contributed by atoms with Crippen molar-refractivity contribution in [1.29, 1.82) is 0 Å². The fourth-order valence-corrected chi connectivity index (χ4v) is 3.13. The Labute approximate surface area is 125 Å². The number of hydrogen-bond donors (Lipinski definition) is 2. The number of thioether (sulfide) groups is 1. The lowest BCUT2D eigenvalue weighted by atomic mass is 10.1. The van der Waals surface area contributed by atoms with Gasteiger partial charge < -0.3 is 5.32 Å². The van der Waals surface area contributed by atoms with Crippen molar-refractivity contribution in [3.05, 3.63) is 10.5 Å². The fraction of sp³-hybridized carbons (Fsp3) is 0.857. The zero-order chi connectivity index (χ0) is 15.0. The minimum Gasteiger partial charge on any atom is -0.314 e. The molecular weight excluding hydrogens is 272 g/mol. The second kappa shape index (κ2) is 9.23. The number of rotatable bonds is 10. The first-order valence-corrected chi connectivity index (χ1v) is 8.57.